The standard InChI is InChI=1S/C10H17N3O3/c1-6-9(15)11-2-3-13(6)10(16)8-4-7(14)5-12-8/h6-8,12,14H,2-5H2,1H3,(H,11,15). The number of aliphatic hydroxyl groups is 1. The molecule has 0 bridgehead atoms. The van der Waals surface area contributed by atoms with E-state index in [0.717, 1.165) is 0 Å². The molecular formula is C10H17N3O3. The Kier molecular flexibility index (Phi) is 3.11. The molecule has 0 aromatic carbocycles. The smallest absolute Gasteiger partial charge is 0.242 e. The highest BCUT2D eigenvalue weighted by Crippen LogP contribution is 2.13. The van der Waals surface area contributed by atoms with Crippen LogP contribution in [0.1, 0.15) is 13.3 Å². The fraction of sp³-hybridized carbons (Fsp3) is 0.800. The van der Waals surface area contributed by atoms with Crippen molar-refractivity contribution in [2.45, 2.75) is 31.5 Å². The van der Waals surface area contributed by atoms with Crippen molar-refractivity contribution in [1.82, 2.24) is 15.5 Å². The molecular weight excluding hydrogens is 210 g/mol. The first kappa shape index (κ1) is 11.3. The van der Waals surface area contributed by atoms with Gasteiger partial charge in [-0.25, -0.2) is 0 Å². The first-order valence-corrected chi connectivity index (χ1v) is 5.59. The fourth-order valence-corrected chi connectivity index (χ4v) is 2.19. The second kappa shape index (κ2) is 4.39. The molecule has 0 spiro atoms. The quantitative estimate of drug-likeness (QED) is 0.486. The number of nitrogens with zero attached hydrogens (tertiary/aromatic N) is 1. The number of β-amino-alcohol motifs (C(OH)–C–C–N with tert-alkyl or cyclic N) is 1. The zero-order valence-corrected chi connectivity index (χ0v) is 9.27. The average molecular weight is 227 g/mol. The van der Waals surface area contributed by atoms with Crippen molar-refractivity contribution in [3.05, 3.63) is 0 Å². The van der Waals surface area contributed by atoms with Gasteiger partial charge >= 0.3 is 0 Å². The Morgan fingerprint density at radius 2 is 2.31 bits per heavy atom. The number of rotatable bonds is 1. The zero-order chi connectivity index (χ0) is 11.7. The molecule has 2 rings (SSSR count). The van der Waals surface area contributed by atoms with E-state index in [2.05, 4.69) is 10.6 Å². The van der Waals surface area contributed by atoms with Crippen molar-refractivity contribution in [2.24, 2.45) is 0 Å². The molecule has 2 amide bonds. The number of carbonyl (C=O) groups excluding carboxylic acids is 2. The van der Waals surface area contributed by atoms with Gasteiger partial charge in [-0.2, -0.15) is 0 Å². The van der Waals surface area contributed by atoms with Crippen LogP contribution >= 0.6 is 0 Å². The summed E-state index contributed by atoms with van der Waals surface area (Å²) in [5, 5.41) is 15.0. The highest BCUT2D eigenvalue weighted by molar-refractivity contribution is 5.90. The van der Waals surface area contributed by atoms with Gasteiger partial charge < -0.3 is 20.6 Å². The first-order chi connectivity index (χ1) is 7.59. The molecule has 6 heteroatoms. The van der Waals surface area contributed by atoms with Crippen LogP contribution in [0, 0.1) is 0 Å². The van der Waals surface area contributed by atoms with Gasteiger partial charge in [0.15, 0.2) is 0 Å². The molecule has 0 radical (unpaired) electrons. The summed E-state index contributed by atoms with van der Waals surface area (Å²) in [6.07, 6.45) is -0.0215. The summed E-state index contributed by atoms with van der Waals surface area (Å²) < 4.78 is 0. The van der Waals surface area contributed by atoms with Gasteiger partial charge in [0.05, 0.1) is 12.1 Å². The van der Waals surface area contributed by atoms with Crippen LogP contribution in [-0.4, -0.2) is 59.6 Å². The van der Waals surface area contributed by atoms with E-state index in [0.29, 0.717) is 26.1 Å². The van der Waals surface area contributed by atoms with Gasteiger partial charge in [-0.1, -0.05) is 0 Å². The molecule has 6 nitrogen and oxygen atoms in total. The van der Waals surface area contributed by atoms with Crippen molar-refractivity contribution in [1.29, 1.82) is 0 Å². The van der Waals surface area contributed by atoms with Crippen LogP contribution in [0.2, 0.25) is 0 Å². The summed E-state index contributed by atoms with van der Waals surface area (Å²) in [5.74, 6) is -0.197. The predicted octanol–water partition coefficient (Wildman–Crippen LogP) is -1.94. The fourth-order valence-electron chi connectivity index (χ4n) is 2.19. The Bertz CT molecular complexity index is 308. The van der Waals surface area contributed by atoms with Crippen molar-refractivity contribution in [2.75, 3.05) is 19.6 Å². The van der Waals surface area contributed by atoms with Crippen LogP contribution in [0.4, 0.5) is 0 Å². The Balaban J connectivity index is 2.01. The second-order valence-corrected chi connectivity index (χ2v) is 4.35. The number of nitrogens with one attached hydrogen (secondary N) is 2. The lowest BCUT2D eigenvalue weighted by atomic mass is 10.1. The van der Waals surface area contributed by atoms with E-state index in [4.69, 9.17) is 0 Å². The van der Waals surface area contributed by atoms with Crippen molar-refractivity contribution < 1.29 is 14.7 Å². The van der Waals surface area contributed by atoms with Crippen LogP contribution in [-0.2, 0) is 9.59 Å². The SMILES string of the molecule is CC1C(=O)NCCN1C(=O)C1CC(O)CN1. The summed E-state index contributed by atoms with van der Waals surface area (Å²) in [6.45, 7) is 3.22. The van der Waals surface area contributed by atoms with E-state index in [1.54, 1.807) is 11.8 Å². The number of carbonyl (C=O) groups is 2. The van der Waals surface area contributed by atoms with E-state index in [1.807, 2.05) is 0 Å². The maximum absolute atomic E-state index is 12.1. The highest BCUT2D eigenvalue weighted by Gasteiger charge is 2.36. The van der Waals surface area contributed by atoms with Crippen molar-refractivity contribution in [3.8, 4) is 0 Å². The number of aliphatic hydroxyl groups excluding tert-OH is 1. The number of hydrogen-bond donors (Lipinski definition) is 3. The van der Waals surface area contributed by atoms with Crippen molar-refractivity contribution in [3.63, 3.8) is 0 Å². The predicted molar refractivity (Wildman–Crippen MR) is 56.6 cm³/mol. The molecule has 3 N–H and O–H groups in total. The Morgan fingerprint density at radius 3 is 2.94 bits per heavy atom. The van der Waals surface area contributed by atoms with E-state index >= 15 is 0 Å². The lowest BCUT2D eigenvalue weighted by Gasteiger charge is -2.34. The van der Waals surface area contributed by atoms with Crippen LogP contribution in [0.15, 0.2) is 0 Å². The van der Waals surface area contributed by atoms with Crippen LogP contribution in [0.25, 0.3) is 0 Å². The zero-order valence-electron chi connectivity index (χ0n) is 9.27. The lowest BCUT2D eigenvalue weighted by Crippen LogP contribution is -2.59. The minimum Gasteiger partial charge on any atom is -0.392 e. The molecule has 2 saturated heterocycles. The first-order valence-electron chi connectivity index (χ1n) is 5.59. The molecule has 0 saturated carbocycles. The molecule has 2 fully saturated rings. The third kappa shape index (κ3) is 2.03. The summed E-state index contributed by atoms with van der Waals surface area (Å²) in [6, 6.07) is -0.760. The van der Waals surface area contributed by atoms with Gasteiger partial charge in [0, 0.05) is 19.6 Å². The second-order valence-electron chi connectivity index (χ2n) is 4.35. The minimum atomic E-state index is -0.456. The van der Waals surface area contributed by atoms with Crippen LogP contribution < -0.4 is 10.6 Å². The summed E-state index contributed by atoms with van der Waals surface area (Å²) in [5.41, 5.74) is 0. The van der Waals surface area contributed by atoms with Crippen molar-refractivity contribution >= 4 is 11.8 Å². The topological polar surface area (TPSA) is 81.7 Å². The van der Waals surface area contributed by atoms with Gasteiger partial charge in [-0.05, 0) is 13.3 Å². The molecule has 2 aliphatic rings. The summed E-state index contributed by atoms with van der Waals surface area (Å²) in [7, 11) is 0. The Labute approximate surface area is 94.0 Å². The monoisotopic (exact) mass is 227 g/mol. The molecule has 16 heavy (non-hydrogen) atoms. The molecule has 2 aliphatic heterocycles. The van der Waals surface area contributed by atoms with Crippen LogP contribution in [0.3, 0.4) is 0 Å². The summed E-state index contributed by atoms with van der Waals surface area (Å²) >= 11 is 0. The lowest BCUT2D eigenvalue weighted by molar-refractivity contribution is -0.143. The van der Waals surface area contributed by atoms with Gasteiger partial charge in [0.25, 0.3) is 0 Å². The molecule has 2 heterocycles. The maximum Gasteiger partial charge on any atom is 0.242 e. The summed E-state index contributed by atoms with van der Waals surface area (Å²) in [4.78, 5) is 25.1. The maximum atomic E-state index is 12.1. The van der Waals surface area contributed by atoms with E-state index in [9.17, 15) is 14.7 Å². The highest BCUT2D eigenvalue weighted by atomic mass is 16.3. The van der Waals surface area contributed by atoms with E-state index < -0.39 is 12.1 Å². The molecule has 0 aromatic rings. The minimum absolute atomic E-state index is 0.0844. The Hall–Kier alpha value is -1.14. The Morgan fingerprint density at radius 1 is 1.56 bits per heavy atom. The third-order valence-electron chi connectivity index (χ3n) is 3.19. The van der Waals surface area contributed by atoms with Gasteiger partial charge in [0.1, 0.15) is 6.04 Å². The van der Waals surface area contributed by atoms with Gasteiger partial charge in [-0.15, -0.1) is 0 Å². The number of amides is 2. The molecule has 90 valence electrons. The van der Waals surface area contributed by atoms with Crippen LogP contribution in [0.5, 0.6) is 0 Å². The molecule has 0 aliphatic carbocycles. The molecule has 3 atom stereocenters. The largest absolute Gasteiger partial charge is 0.392 e. The third-order valence-corrected chi connectivity index (χ3v) is 3.19. The molecule has 3 unspecified atom stereocenters. The number of piperazine rings is 1. The van der Waals surface area contributed by atoms with E-state index in [1.165, 1.54) is 0 Å². The normalized spacial score (nSPS) is 35.0. The van der Waals surface area contributed by atoms with E-state index in [-0.39, 0.29) is 17.9 Å². The van der Waals surface area contributed by atoms with Gasteiger partial charge in [0.2, 0.25) is 11.8 Å². The number of hydrogen-bond acceptors (Lipinski definition) is 4. The average Bonchev–Trinajstić information content (AvgIpc) is 2.68. The van der Waals surface area contributed by atoms with Gasteiger partial charge in [-0.3, -0.25) is 9.59 Å². The molecule has 0 aromatic heterocycles.